The zero-order chi connectivity index (χ0) is 32.9. The fraction of sp³-hybridized carbons (Fsp3) is 0.808. The van der Waals surface area contributed by atoms with Gasteiger partial charge in [-0.3, -0.25) is 19.1 Å². The van der Waals surface area contributed by atoms with Gasteiger partial charge in [-0.1, -0.05) is 27.7 Å². The van der Waals surface area contributed by atoms with Gasteiger partial charge in [0.15, 0.2) is 12.4 Å². The number of fused-ring (bicyclic) bond motifs is 1. The van der Waals surface area contributed by atoms with Crippen molar-refractivity contribution >= 4 is 37.9 Å². The molecular formula is C26H45FN7O9P. The largest absolute Gasteiger partial charge is 0.468 e. The van der Waals surface area contributed by atoms with Crippen LogP contribution < -0.4 is 15.9 Å². The second-order valence-corrected chi connectivity index (χ2v) is 13.9. The van der Waals surface area contributed by atoms with Crippen LogP contribution >= 0.6 is 7.67 Å². The Morgan fingerprint density at radius 3 is 2.23 bits per heavy atom. The number of aliphatic hydroxyl groups is 2. The number of nitrogens with two attached hydrogens (primary N) is 1. The van der Waals surface area contributed by atoms with E-state index in [1.807, 2.05) is 27.7 Å². The van der Waals surface area contributed by atoms with Crippen molar-refractivity contribution < 1.29 is 47.5 Å². The lowest BCUT2D eigenvalue weighted by atomic mass is 10.0. The molecule has 16 nitrogen and oxygen atoms in total. The minimum absolute atomic E-state index is 0.0226. The van der Waals surface area contributed by atoms with Crippen LogP contribution in [0, 0.1) is 11.8 Å². The number of carbonyl (C=O) groups excluding carboxylic acids is 2. The number of hydrogen-bond donors (Lipinski definition) is 5. The summed E-state index contributed by atoms with van der Waals surface area (Å²) >= 11 is 0. The Labute approximate surface area is 256 Å². The predicted octanol–water partition coefficient (Wildman–Crippen LogP) is 0.426. The molecule has 0 aromatic heterocycles. The number of nitrogens with one attached hydrogen (secondary N) is 2. The van der Waals surface area contributed by atoms with Crippen LogP contribution in [0.5, 0.6) is 0 Å². The molecule has 0 aliphatic carbocycles. The van der Waals surface area contributed by atoms with Crippen molar-refractivity contribution in [3.8, 4) is 0 Å². The van der Waals surface area contributed by atoms with E-state index in [1.165, 1.54) is 18.3 Å². The van der Waals surface area contributed by atoms with Crippen molar-refractivity contribution in [2.24, 2.45) is 32.5 Å². The van der Waals surface area contributed by atoms with Crippen LogP contribution in [-0.2, 0) is 32.9 Å². The average Bonchev–Trinajstić information content (AvgIpc) is 3.46. The molecule has 5 unspecified atom stereocenters. The highest BCUT2D eigenvalue weighted by Crippen LogP contribution is 2.42. The lowest BCUT2D eigenvalue weighted by molar-refractivity contribution is -0.150. The van der Waals surface area contributed by atoms with E-state index in [4.69, 9.17) is 24.5 Å². The zero-order valence-electron chi connectivity index (χ0n) is 26.0. The molecule has 0 aromatic carbocycles. The number of rotatable bonds is 15. The van der Waals surface area contributed by atoms with Gasteiger partial charge in [0.1, 0.15) is 42.3 Å². The number of halogens is 1. The van der Waals surface area contributed by atoms with Crippen LogP contribution in [0.25, 0.3) is 0 Å². The van der Waals surface area contributed by atoms with Crippen LogP contribution in [0.15, 0.2) is 15.0 Å². The summed E-state index contributed by atoms with van der Waals surface area (Å²) in [5, 5.41) is 27.1. The van der Waals surface area contributed by atoms with Crippen LogP contribution in [0.3, 0.4) is 0 Å². The molecule has 1 saturated heterocycles. The summed E-state index contributed by atoms with van der Waals surface area (Å²) in [6, 6.07) is -2.99. The molecular weight excluding hydrogens is 604 g/mol. The Balaban J connectivity index is 1.83. The first-order valence-corrected chi connectivity index (χ1v) is 16.2. The fourth-order valence-corrected chi connectivity index (χ4v) is 6.79. The van der Waals surface area contributed by atoms with E-state index in [0.29, 0.717) is 0 Å². The summed E-state index contributed by atoms with van der Waals surface area (Å²) in [4.78, 5) is 38.3. The molecule has 44 heavy (non-hydrogen) atoms. The molecule has 6 N–H and O–H groups in total. The second kappa shape index (κ2) is 15.2. The molecule has 3 aliphatic heterocycles. The van der Waals surface area contributed by atoms with Crippen molar-refractivity contribution in [2.45, 2.75) is 109 Å². The molecule has 3 aliphatic rings. The third kappa shape index (κ3) is 9.02. The van der Waals surface area contributed by atoms with Gasteiger partial charge in [0.2, 0.25) is 0 Å². The summed E-state index contributed by atoms with van der Waals surface area (Å²) in [7, 11) is -3.12. The highest BCUT2D eigenvalue weighted by atomic mass is 31.2. The van der Waals surface area contributed by atoms with Gasteiger partial charge in [-0.05, 0) is 38.5 Å². The molecule has 250 valence electrons. The summed E-state index contributed by atoms with van der Waals surface area (Å²) in [6.45, 7) is 10.2. The highest BCUT2D eigenvalue weighted by Gasteiger charge is 2.51. The number of ether oxygens (including phenoxy) is 3. The van der Waals surface area contributed by atoms with Gasteiger partial charge in [0, 0.05) is 0 Å². The predicted molar refractivity (Wildman–Crippen MR) is 158 cm³/mol. The van der Waals surface area contributed by atoms with Crippen molar-refractivity contribution in [1.29, 1.82) is 0 Å². The lowest BCUT2D eigenvalue weighted by Gasteiger charge is -2.32. The van der Waals surface area contributed by atoms with E-state index < -0.39 is 87.2 Å². The minimum atomic E-state index is -4.31. The number of amidine groups is 2. The van der Waals surface area contributed by atoms with Gasteiger partial charge in [-0.25, -0.2) is 15.2 Å². The summed E-state index contributed by atoms with van der Waals surface area (Å²) in [5.74, 6) is -1.53. The summed E-state index contributed by atoms with van der Waals surface area (Å²) < 4.78 is 50.2. The average molecular weight is 650 g/mol. The second-order valence-electron chi connectivity index (χ2n) is 12.0. The van der Waals surface area contributed by atoms with E-state index in [0.717, 1.165) is 0 Å². The topological polar surface area (TPSA) is 219 Å². The molecule has 0 bridgehead atoms. The van der Waals surface area contributed by atoms with Gasteiger partial charge in [0.25, 0.3) is 0 Å². The van der Waals surface area contributed by atoms with Crippen molar-refractivity contribution in [1.82, 2.24) is 15.1 Å². The van der Waals surface area contributed by atoms with Crippen molar-refractivity contribution in [3.05, 3.63) is 0 Å². The van der Waals surface area contributed by atoms with Gasteiger partial charge in [-0.2, -0.15) is 9.38 Å². The maximum atomic E-state index is 14.4. The van der Waals surface area contributed by atoms with Gasteiger partial charge in [-0.15, -0.1) is 0 Å². The monoisotopic (exact) mass is 649 g/mol. The molecule has 0 aromatic rings. The smallest absolute Gasteiger partial charge is 0.342 e. The number of carbonyl (C=O) groups is 2. The van der Waals surface area contributed by atoms with Crippen LogP contribution in [0.2, 0.25) is 0 Å². The molecule has 0 radical (unpaired) electrons. The number of nitrogens with zero attached hydrogens (tertiary/aromatic N) is 4. The first kappa shape index (κ1) is 35.9. The standard InChI is InChI=1S/C26H45FN7O9P/c1-12(2)8-15(24(37)40-7)32-44(39,33-16(9-13(3)4)25(38)42-14(5)6)41-10-17-19(35)20(36)23(43-17)34-11-29-18-21(28)30-26(27)31-22(18)34/h11-20,22-23,35-36H,8-10H2,1-7H3,(H2,28,30,31)(H2,32,33,39)/t15-,16-,17+,18?,19?,20?,22?,23+,44?/m0/s1. The van der Waals surface area contributed by atoms with Crippen LogP contribution in [0.1, 0.15) is 54.4 Å². The number of hydrogen-bond acceptors (Lipinski definition) is 14. The molecule has 0 spiro atoms. The van der Waals surface area contributed by atoms with E-state index in [2.05, 4.69) is 25.2 Å². The van der Waals surface area contributed by atoms with E-state index in [9.17, 15) is 28.8 Å². The number of aliphatic hydroxyl groups excluding tert-OH is 2. The Hall–Kier alpha value is -2.53. The fourth-order valence-electron chi connectivity index (χ4n) is 4.97. The highest BCUT2D eigenvalue weighted by molar-refractivity contribution is 7.54. The maximum Gasteiger partial charge on any atom is 0.342 e. The molecule has 3 heterocycles. The van der Waals surface area contributed by atoms with E-state index in [1.54, 1.807) is 13.8 Å². The number of esters is 2. The van der Waals surface area contributed by atoms with Gasteiger partial charge >= 0.3 is 25.7 Å². The van der Waals surface area contributed by atoms with Crippen LogP contribution in [-0.4, -0.2) is 114 Å². The molecule has 0 amide bonds. The summed E-state index contributed by atoms with van der Waals surface area (Å²) in [6.07, 6.45) is -6.41. The first-order chi connectivity index (χ1) is 20.5. The minimum Gasteiger partial charge on any atom is -0.468 e. The Morgan fingerprint density at radius 1 is 1.09 bits per heavy atom. The lowest BCUT2D eigenvalue weighted by Crippen LogP contribution is -2.51. The zero-order valence-corrected chi connectivity index (χ0v) is 26.9. The van der Waals surface area contributed by atoms with Gasteiger partial charge in [0.05, 0.1) is 26.2 Å². The van der Waals surface area contributed by atoms with Gasteiger partial charge < -0.3 is 39.6 Å². The van der Waals surface area contributed by atoms with E-state index >= 15 is 0 Å². The molecule has 1 fully saturated rings. The first-order valence-electron chi connectivity index (χ1n) is 14.5. The third-order valence-corrected chi connectivity index (χ3v) is 8.77. The van der Waals surface area contributed by atoms with Crippen molar-refractivity contribution in [2.75, 3.05) is 13.7 Å². The number of methoxy groups -OCH3 is 1. The van der Waals surface area contributed by atoms with Crippen LogP contribution in [0.4, 0.5) is 4.39 Å². The quantitative estimate of drug-likeness (QED) is 0.0924. The Kier molecular flexibility index (Phi) is 12.4. The Bertz CT molecular complexity index is 1170. The van der Waals surface area contributed by atoms with Crippen molar-refractivity contribution in [3.63, 3.8) is 0 Å². The normalized spacial score (nSPS) is 29.3. The third-order valence-electron chi connectivity index (χ3n) is 6.95. The summed E-state index contributed by atoms with van der Waals surface area (Å²) in [5.41, 5.74) is 5.78. The Morgan fingerprint density at radius 2 is 1.68 bits per heavy atom. The molecule has 0 saturated carbocycles. The molecule has 9 atom stereocenters. The SMILES string of the molecule is COC(=O)[C@H](CC(C)C)NP(=O)(N[C@@H](CC(C)C)C(=O)OC(C)C)OC[C@H]1O[C@@H](N2C=NC3C(N)=NC(F)=NC32)C(O)C1O. The maximum absolute atomic E-state index is 14.4. The molecule has 3 rings (SSSR count). The molecule has 18 heteroatoms. The van der Waals surface area contributed by atoms with E-state index in [-0.39, 0.29) is 30.5 Å². The number of aliphatic imine (C=N–C) groups is 3.